The molecule has 1 heterocycles. The molecule has 0 saturated carbocycles. The monoisotopic (exact) mass is 291 g/mol. The van der Waals surface area contributed by atoms with Gasteiger partial charge in [-0.2, -0.15) is 0 Å². The highest BCUT2D eigenvalue weighted by atomic mass is 28.3. The predicted molar refractivity (Wildman–Crippen MR) is 88.5 cm³/mol. The fourth-order valence-corrected chi connectivity index (χ4v) is 8.73. The molecule has 0 bridgehead atoms. The Morgan fingerprint density at radius 1 is 1.00 bits per heavy atom. The highest BCUT2D eigenvalue weighted by Crippen LogP contribution is 2.40. The van der Waals surface area contributed by atoms with Gasteiger partial charge in [0.1, 0.15) is 13.8 Å². The quantitative estimate of drug-likeness (QED) is 0.573. The minimum Gasteiger partial charge on any atom is -0.361 e. The van der Waals surface area contributed by atoms with Crippen LogP contribution in [0.25, 0.3) is 0 Å². The molecule has 2 nitrogen and oxygen atoms in total. The number of nitrogens with zero attached hydrogens (tertiary/aromatic N) is 1. The van der Waals surface area contributed by atoms with Crippen LogP contribution in [0.2, 0.25) is 16.6 Å². The maximum absolute atomic E-state index is 5.21. The van der Waals surface area contributed by atoms with E-state index in [1.807, 2.05) is 13.8 Å². The lowest BCUT2D eigenvalue weighted by Crippen LogP contribution is -2.43. The van der Waals surface area contributed by atoms with E-state index >= 15 is 0 Å². The largest absolute Gasteiger partial charge is 0.361 e. The van der Waals surface area contributed by atoms with Crippen molar-refractivity contribution >= 4 is 8.07 Å². The number of rotatable bonds is 4. The lowest BCUT2D eigenvalue weighted by molar-refractivity contribution is 0.392. The zero-order valence-corrected chi connectivity index (χ0v) is 15.3. The molecule has 0 amide bonds. The summed E-state index contributed by atoms with van der Waals surface area (Å²) in [4.78, 5) is 0. The van der Waals surface area contributed by atoms with E-state index in [-0.39, 0.29) is 0 Å². The minimum atomic E-state index is -1.61. The molecule has 0 unspecified atom stereocenters. The van der Waals surface area contributed by atoms with E-state index in [1.165, 1.54) is 0 Å². The topological polar surface area (TPSA) is 26.0 Å². The molecule has 0 radical (unpaired) electrons. The number of aromatic nitrogens is 1. The van der Waals surface area contributed by atoms with Gasteiger partial charge < -0.3 is 4.52 Å². The Morgan fingerprint density at radius 2 is 1.50 bits per heavy atom. The van der Waals surface area contributed by atoms with Crippen LogP contribution in [0.3, 0.4) is 0 Å². The predicted octanol–water partition coefficient (Wildman–Crippen LogP) is 5.06. The molecule has 1 aromatic heterocycles. The van der Waals surface area contributed by atoms with Crippen LogP contribution in [0, 0.1) is 25.3 Å². The molecule has 0 spiro atoms. The van der Waals surface area contributed by atoms with E-state index in [2.05, 4.69) is 58.2 Å². The van der Waals surface area contributed by atoms with Crippen LogP contribution in [0.15, 0.2) is 4.52 Å². The van der Waals surface area contributed by atoms with E-state index in [0.29, 0.717) is 16.6 Å². The number of aryl methyl sites for hydroxylation is 2. The van der Waals surface area contributed by atoms with Gasteiger partial charge in [-0.3, -0.25) is 0 Å². The smallest absolute Gasteiger partial charge is 0.145 e. The number of hydrogen-bond donors (Lipinski definition) is 0. The summed E-state index contributed by atoms with van der Waals surface area (Å²) in [5.41, 5.74) is 7.92. The van der Waals surface area contributed by atoms with Crippen molar-refractivity contribution in [3.63, 3.8) is 0 Å². The molecular formula is C17H29NOSi. The van der Waals surface area contributed by atoms with Crippen LogP contribution in [-0.4, -0.2) is 13.2 Å². The second-order valence-electron chi connectivity index (χ2n) is 6.68. The van der Waals surface area contributed by atoms with Gasteiger partial charge in [-0.25, -0.2) is 0 Å². The molecule has 0 N–H and O–H groups in total. The molecule has 0 aromatic carbocycles. The standard InChI is InChI=1S/C17H29NOSi/c1-12(2)20(13(3)4,14(5)6)11-9-10-17-15(7)18-19-16(17)8/h12-14H,10H2,1-8H3. The van der Waals surface area contributed by atoms with Gasteiger partial charge >= 0.3 is 0 Å². The normalized spacial score (nSPS) is 12.2. The number of hydrogen-bond acceptors (Lipinski definition) is 2. The van der Waals surface area contributed by atoms with Crippen LogP contribution >= 0.6 is 0 Å². The third-order valence-corrected chi connectivity index (χ3v) is 11.0. The summed E-state index contributed by atoms with van der Waals surface area (Å²) in [6.07, 6.45) is 0.766. The van der Waals surface area contributed by atoms with Gasteiger partial charge in [0, 0.05) is 12.0 Å². The van der Waals surface area contributed by atoms with E-state index < -0.39 is 8.07 Å². The summed E-state index contributed by atoms with van der Waals surface area (Å²) in [7, 11) is -1.61. The highest BCUT2D eigenvalue weighted by molar-refractivity contribution is 6.90. The molecule has 0 atom stereocenters. The maximum atomic E-state index is 5.21. The van der Waals surface area contributed by atoms with Gasteiger partial charge in [0.25, 0.3) is 0 Å². The van der Waals surface area contributed by atoms with Crippen LogP contribution < -0.4 is 0 Å². The average molecular weight is 292 g/mol. The van der Waals surface area contributed by atoms with E-state index in [9.17, 15) is 0 Å². The molecule has 20 heavy (non-hydrogen) atoms. The second-order valence-corrected chi connectivity index (χ2v) is 12.3. The Hall–Kier alpha value is -1.01. The molecule has 112 valence electrons. The van der Waals surface area contributed by atoms with Crippen molar-refractivity contribution < 1.29 is 4.52 Å². The van der Waals surface area contributed by atoms with Crippen LogP contribution in [0.1, 0.15) is 58.6 Å². The first-order valence-corrected chi connectivity index (χ1v) is 9.88. The minimum absolute atomic E-state index is 0.680. The van der Waals surface area contributed by atoms with Crippen molar-refractivity contribution in [2.24, 2.45) is 0 Å². The van der Waals surface area contributed by atoms with E-state index in [4.69, 9.17) is 4.52 Å². The summed E-state index contributed by atoms with van der Waals surface area (Å²) in [5.74, 6) is 4.37. The average Bonchev–Trinajstić information content (AvgIpc) is 2.64. The molecule has 0 aliphatic rings. The zero-order valence-electron chi connectivity index (χ0n) is 14.3. The summed E-state index contributed by atoms with van der Waals surface area (Å²) in [5, 5.41) is 4.01. The van der Waals surface area contributed by atoms with Crippen molar-refractivity contribution in [1.82, 2.24) is 5.16 Å². The van der Waals surface area contributed by atoms with Crippen molar-refractivity contribution in [2.45, 2.75) is 78.4 Å². The van der Waals surface area contributed by atoms with Gasteiger partial charge in [0.2, 0.25) is 0 Å². The molecular weight excluding hydrogens is 262 g/mol. The van der Waals surface area contributed by atoms with Crippen molar-refractivity contribution in [1.29, 1.82) is 0 Å². The molecule has 0 aliphatic carbocycles. The van der Waals surface area contributed by atoms with Crippen LogP contribution in [0.5, 0.6) is 0 Å². The van der Waals surface area contributed by atoms with E-state index in [0.717, 1.165) is 23.4 Å². The van der Waals surface area contributed by atoms with Crippen LogP contribution in [-0.2, 0) is 6.42 Å². The van der Waals surface area contributed by atoms with Gasteiger partial charge in [-0.1, -0.05) is 46.7 Å². The summed E-state index contributed by atoms with van der Waals surface area (Å²) >= 11 is 0. The Bertz CT molecular complexity index is 462. The fourth-order valence-electron chi connectivity index (χ4n) is 3.47. The van der Waals surface area contributed by atoms with Crippen molar-refractivity contribution in [2.75, 3.05) is 0 Å². The lowest BCUT2D eigenvalue weighted by Gasteiger charge is -2.38. The first kappa shape index (κ1) is 17.0. The first-order valence-electron chi connectivity index (χ1n) is 7.65. The Kier molecular flexibility index (Phi) is 5.65. The summed E-state index contributed by atoms with van der Waals surface area (Å²) < 4.78 is 5.21. The Morgan fingerprint density at radius 3 is 1.85 bits per heavy atom. The molecule has 3 heteroatoms. The molecule has 1 aromatic rings. The highest BCUT2D eigenvalue weighted by Gasteiger charge is 2.41. The van der Waals surface area contributed by atoms with Crippen molar-refractivity contribution in [3.8, 4) is 11.5 Å². The maximum Gasteiger partial charge on any atom is 0.145 e. The van der Waals surface area contributed by atoms with Gasteiger partial charge in [0.05, 0.1) is 5.69 Å². The van der Waals surface area contributed by atoms with Gasteiger partial charge in [-0.05, 0) is 30.5 Å². The molecule has 1 rings (SSSR count). The SMILES string of the molecule is Cc1noc(C)c1CC#C[Si](C(C)C)(C(C)C)C(C)C. The van der Waals surface area contributed by atoms with Crippen LogP contribution in [0.4, 0.5) is 0 Å². The molecule has 0 saturated heterocycles. The molecule has 0 fully saturated rings. The summed E-state index contributed by atoms with van der Waals surface area (Å²) in [6, 6.07) is 0. The van der Waals surface area contributed by atoms with Gasteiger partial charge in [-0.15, -0.1) is 11.5 Å². The van der Waals surface area contributed by atoms with Gasteiger partial charge in [0.15, 0.2) is 0 Å². The fraction of sp³-hybridized carbons (Fsp3) is 0.706. The Labute approximate surface area is 125 Å². The van der Waals surface area contributed by atoms with Crippen molar-refractivity contribution in [3.05, 3.63) is 17.0 Å². The molecule has 0 aliphatic heterocycles. The zero-order chi connectivity index (χ0) is 15.5. The second kappa shape index (κ2) is 6.63. The summed E-state index contributed by atoms with van der Waals surface area (Å²) in [6.45, 7) is 18.0. The van der Waals surface area contributed by atoms with E-state index in [1.54, 1.807) is 0 Å². The first-order chi connectivity index (χ1) is 9.23. The third-order valence-electron chi connectivity index (χ3n) is 4.62. The Balaban J connectivity index is 3.07. The third kappa shape index (κ3) is 3.17. The lowest BCUT2D eigenvalue weighted by atomic mass is 10.1.